The molecule has 96 valence electrons. The zero-order valence-electron chi connectivity index (χ0n) is 10.9. The van der Waals surface area contributed by atoms with E-state index in [1.165, 1.54) is 5.56 Å². The minimum Gasteiger partial charge on any atom is -0.353 e. The van der Waals surface area contributed by atoms with Gasteiger partial charge in [-0.25, -0.2) is 4.98 Å². The van der Waals surface area contributed by atoms with Crippen LogP contribution in [0.4, 0.5) is 5.95 Å². The fraction of sp³-hybridized carbons (Fsp3) is 0.357. The number of rotatable bonds is 4. The number of benzene rings is 1. The van der Waals surface area contributed by atoms with Gasteiger partial charge in [0.05, 0.1) is 12.2 Å². The molecule has 0 bridgehead atoms. The third-order valence-corrected chi connectivity index (χ3v) is 2.83. The summed E-state index contributed by atoms with van der Waals surface area (Å²) in [6, 6.07) is 8.27. The third-order valence-electron chi connectivity index (χ3n) is 2.58. The van der Waals surface area contributed by atoms with Gasteiger partial charge in [0.15, 0.2) is 0 Å². The van der Waals surface area contributed by atoms with Crippen molar-refractivity contribution >= 4 is 17.5 Å². The van der Waals surface area contributed by atoms with Gasteiger partial charge in [-0.05, 0) is 38.5 Å². The van der Waals surface area contributed by atoms with E-state index in [9.17, 15) is 0 Å². The normalized spacial score (nSPS) is 10.9. The van der Waals surface area contributed by atoms with Crippen molar-refractivity contribution in [2.45, 2.75) is 33.4 Å². The highest BCUT2D eigenvalue weighted by Crippen LogP contribution is 2.15. The number of nitrogens with zero attached hydrogens (tertiary/aromatic N) is 2. The van der Waals surface area contributed by atoms with E-state index in [2.05, 4.69) is 34.9 Å². The number of aromatic nitrogens is 2. The molecule has 0 aliphatic carbocycles. The van der Waals surface area contributed by atoms with Crippen LogP contribution in [0, 0.1) is 6.92 Å². The highest BCUT2D eigenvalue weighted by molar-refractivity contribution is 6.30. The minimum atomic E-state index is 0.371. The molecule has 3 nitrogen and oxygen atoms in total. The molecule has 4 heteroatoms. The van der Waals surface area contributed by atoms with Crippen molar-refractivity contribution in [2.75, 3.05) is 5.32 Å². The SMILES string of the molecule is Cc1cn(Cc2ccc(Cl)cc2)c(NC(C)C)n1. The van der Waals surface area contributed by atoms with Crippen LogP contribution in [0.3, 0.4) is 0 Å². The third kappa shape index (κ3) is 3.26. The average molecular weight is 264 g/mol. The van der Waals surface area contributed by atoms with Crippen molar-refractivity contribution in [1.82, 2.24) is 9.55 Å². The Kier molecular flexibility index (Phi) is 3.92. The molecular weight excluding hydrogens is 246 g/mol. The molecule has 0 saturated heterocycles. The summed E-state index contributed by atoms with van der Waals surface area (Å²) in [4.78, 5) is 4.49. The largest absolute Gasteiger partial charge is 0.353 e. The smallest absolute Gasteiger partial charge is 0.203 e. The van der Waals surface area contributed by atoms with E-state index >= 15 is 0 Å². The monoisotopic (exact) mass is 263 g/mol. The van der Waals surface area contributed by atoms with Gasteiger partial charge in [-0.3, -0.25) is 0 Å². The summed E-state index contributed by atoms with van der Waals surface area (Å²) < 4.78 is 2.12. The molecule has 1 heterocycles. The van der Waals surface area contributed by atoms with Crippen LogP contribution in [0.25, 0.3) is 0 Å². The number of hydrogen-bond acceptors (Lipinski definition) is 2. The van der Waals surface area contributed by atoms with Gasteiger partial charge >= 0.3 is 0 Å². The lowest BCUT2D eigenvalue weighted by molar-refractivity contribution is 0.774. The first-order valence-electron chi connectivity index (χ1n) is 6.09. The standard InChI is InChI=1S/C14H18ClN3/c1-10(2)16-14-17-11(3)8-18(14)9-12-4-6-13(15)7-5-12/h4-8,10H,9H2,1-3H3,(H,16,17). The number of halogens is 1. The van der Waals surface area contributed by atoms with E-state index < -0.39 is 0 Å². The van der Waals surface area contributed by atoms with Crippen LogP contribution >= 0.6 is 11.6 Å². The first-order chi connectivity index (χ1) is 8.54. The molecule has 1 aromatic heterocycles. The van der Waals surface area contributed by atoms with E-state index in [1.54, 1.807) is 0 Å². The zero-order chi connectivity index (χ0) is 13.1. The number of nitrogens with one attached hydrogen (secondary N) is 1. The van der Waals surface area contributed by atoms with Crippen LogP contribution in [0.15, 0.2) is 30.5 Å². The molecule has 0 aliphatic heterocycles. The summed E-state index contributed by atoms with van der Waals surface area (Å²) in [6.45, 7) is 7.02. The lowest BCUT2D eigenvalue weighted by atomic mass is 10.2. The van der Waals surface area contributed by atoms with Crippen LogP contribution in [0.2, 0.25) is 5.02 Å². The second kappa shape index (κ2) is 5.44. The van der Waals surface area contributed by atoms with E-state index in [0.717, 1.165) is 23.2 Å². The lowest BCUT2D eigenvalue weighted by Crippen LogP contribution is -2.14. The summed E-state index contributed by atoms with van der Waals surface area (Å²) >= 11 is 5.89. The molecule has 0 atom stereocenters. The molecule has 0 radical (unpaired) electrons. The summed E-state index contributed by atoms with van der Waals surface area (Å²) in [5.74, 6) is 0.914. The summed E-state index contributed by atoms with van der Waals surface area (Å²) in [7, 11) is 0. The number of hydrogen-bond donors (Lipinski definition) is 1. The van der Waals surface area contributed by atoms with Crippen molar-refractivity contribution < 1.29 is 0 Å². The van der Waals surface area contributed by atoms with Crippen molar-refractivity contribution in [2.24, 2.45) is 0 Å². The highest BCUT2D eigenvalue weighted by Gasteiger charge is 2.07. The Balaban J connectivity index is 2.20. The second-order valence-electron chi connectivity index (χ2n) is 4.76. The molecule has 0 unspecified atom stereocenters. The predicted octanol–water partition coefficient (Wildman–Crippen LogP) is 3.71. The van der Waals surface area contributed by atoms with Gasteiger partial charge in [-0.1, -0.05) is 23.7 Å². The number of imidazole rings is 1. The van der Waals surface area contributed by atoms with Crippen molar-refractivity contribution in [3.05, 3.63) is 46.7 Å². The molecule has 1 N–H and O–H groups in total. The molecule has 18 heavy (non-hydrogen) atoms. The van der Waals surface area contributed by atoms with Gasteiger partial charge < -0.3 is 9.88 Å². The van der Waals surface area contributed by atoms with Crippen LogP contribution in [-0.2, 0) is 6.54 Å². The summed E-state index contributed by atoms with van der Waals surface area (Å²) in [5, 5.41) is 4.12. The highest BCUT2D eigenvalue weighted by atomic mass is 35.5. The molecule has 2 aromatic rings. The van der Waals surface area contributed by atoms with Crippen molar-refractivity contribution in [3.63, 3.8) is 0 Å². The lowest BCUT2D eigenvalue weighted by Gasteiger charge is -2.12. The fourth-order valence-electron chi connectivity index (χ4n) is 1.83. The summed E-state index contributed by atoms with van der Waals surface area (Å²) in [6.07, 6.45) is 2.05. The molecule has 2 rings (SSSR count). The van der Waals surface area contributed by atoms with Crippen LogP contribution < -0.4 is 5.32 Å². The topological polar surface area (TPSA) is 29.9 Å². The Bertz CT molecular complexity index is 514. The zero-order valence-corrected chi connectivity index (χ0v) is 11.7. The molecule has 0 amide bonds. The van der Waals surface area contributed by atoms with Gasteiger partial charge in [-0.15, -0.1) is 0 Å². The minimum absolute atomic E-state index is 0.371. The van der Waals surface area contributed by atoms with Crippen LogP contribution in [0.1, 0.15) is 25.1 Å². The van der Waals surface area contributed by atoms with Gasteiger partial charge in [0, 0.05) is 17.3 Å². The molecule has 1 aromatic carbocycles. The Morgan fingerprint density at radius 3 is 2.56 bits per heavy atom. The summed E-state index contributed by atoms with van der Waals surface area (Å²) in [5.41, 5.74) is 2.23. The van der Waals surface area contributed by atoms with Crippen LogP contribution in [-0.4, -0.2) is 15.6 Å². The van der Waals surface area contributed by atoms with Gasteiger partial charge in [0.2, 0.25) is 5.95 Å². The Morgan fingerprint density at radius 2 is 1.94 bits per heavy atom. The molecule has 0 spiro atoms. The van der Waals surface area contributed by atoms with Gasteiger partial charge in [-0.2, -0.15) is 0 Å². The maximum Gasteiger partial charge on any atom is 0.203 e. The first kappa shape index (κ1) is 13.0. The van der Waals surface area contributed by atoms with Gasteiger partial charge in [0.25, 0.3) is 0 Å². The van der Waals surface area contributed by atoms with E-state index in [0.29, 0.717) is 6.04 Å². The number of anilines is 1. The molecule has 0 saturated carbocycles. The Labute approximate surface area is 113 Å². The molecule has 0 aliphatic rings. The Hall–Kier alpha value is -1.48. The molecular formula is C14H18ClN3. The van der Waals surface area contributed by atoms with Gasteiger partial charge in [0.1, 0.15) is 0 Å². The average Bonchev–Trinajstić information content (AvgIpc) is 2.61. The maximum absolute atomic E-state index is 5.89. The fourth-order valence-corrected chi connectivity index (χ4v) is 1.95. The van der Waals surface area contributed by atoms with Crippen LogP contribution in [0.5, 0.6) is 0 Å². The van der Waals surface area contributed by atoms with E-state index in [-0.39, 0.29) is 0 Å². The van der Waals surface area contributed by atoms with Crippen molar-refractivity contribution in [3.8, 4) is 0 Å². The van der Waals surface area contributed by atoms with Crippen molar-refractivity contribution in [1.29, 1.82) is 0 Å². The predicted molar refractivity (Wildman–Crippen MR) is 76.3 cm³/mol. The number of aryl methyl sites for hydroxylation is 1. The Morgan fingerprint density at radius 1 is 1.28 bits per heavy atom. The molecule has 0 fully saturated rings. The maximum atomic E-state index is 5.89. The second-order valence-corrected chi connectivity index (χ2v) is 5.20. The quantitative estimate of drug-likeness (QED) is 0.911. The first-order valence-corrected chi connectivity index (χ1v) is 6.47. The van der Waals surface area contributed by atoms with E-state index in [4.69, 9.17) is 11.6 Å². The van der Waals surface area contributed by atoms with E-state index in [1.807, 2.05) is 31.2 Å².